The maximum absolute atomic E-state index is 11.4. The van der Waals surface area contributed by atoms with Crippen molar-refractivity contribution in [3.8, 4) is 0 Å². The summed E-state index contributed by atoms with van der Waals surface area (Å²) in [5.74, 6) is 0.0463. The Morgan fingerprint density at radius 3 is 2.36 bits per heavy atom. The SMILES string of the molecule is CC/C=C/CCOC(=O)C(CC)CC. The van der Waals surface area contributed by atoms with Crippen LogP contribution in [0.4, 0.5) is 0 Å². The molecular weight excluding hydrogens is 176 g/mol. The van der Waals surface area contributed by atoms with Crippen LogP contribution in [-0.2, 0) is 9.53 Å². The van der Waals surface area contributed by atoms with E-state index in [4.69, 9.17) is 4.74 Å². The van der Waals surface area contributed by atoms with Gasteiger partial charge in [-0.05, 0) is 25.7 Å². The predicted molar refractivity (Wildman–Crippen MR) is 59.1 cm³/mol. The molecule has 0 bridgehead atoms. The summed E-state index contributed by atoms with van der Waals surface area (Å²) in [6.45, 7) is 6.65. The lowest BCUT2D eigenvalue weighted by Crippen LogP contribution is -2.16. The molecule has 2 nitrogen and oxygen atoms in total. The molecule has 0 atom stereocenters. The summed E-state index contributed by atoms with van der Waals surface area (Å²) in [5, 5.41) is 0. The minimum absolute atomic E-state index is 0.0418. The van der Waals surface area contributed by atoms with Gasteiger partial charge in [-0.2, -0.15) is 0 Å². The fraction of sp³-hybridized carbons (Fsp3) is 0.750. The van der Waals surface area contributed by atoms with Crippen LogP contribution in [0, 0.1) is 5.92 Å². The van der Waals surface area contributed by atoms with E-state index < -0.39 is 0 Å². The van der Waals surface area contributed by atoms with E-state index in [2.05, 4.69) is 19.1 Å². The number of hydrogen-bond donors (Lipinski definition) is 0. The molecule has 0 aromatic carbocycles. The van der Waals surface area contributed by atoms with Crippen molar-refractivity contribution in [2.75, 3.05) is 6.61 Å². The molecule has 2 heteroatoms. The van der Waals surface area contributed by atoms with Crippen LogP contribution < -0.4 is 0 Å². The third-order valence-electron chi connectivity index (χ3n) is 2.25. The maximum Gasteiger partial charge on any atom is 0.308 e. The van der Waals surface area contributed by atoms with Crippen molar-refractivity contribution in [2.45, 2.75) is 46.5 Å². The normalized spacial score (nSPS) is 11.1. The summed E-state index contributed by atoms with van der Waals surface area (Å²) in [5.41, 5.74) is 0. The van der Waals surface area contributed by atoms with Crippen LogP contribution in [-0.4, -0.2) is 12.6 Å². The standard InChI is InChI=1S/C12H22O2/c1-4-7-8-9-10-14-12(13)11(5-2)6-3/h7-8,11H,4-6,9-10H2,1-3H3/b8-7+. The molecule has 0 aliphatic carbocycles. The first-order valence-corrected chi connectivity index (χ1v) is 5.57. The number of rotatable bonds is 7. The van der Waals surface area contributed by atoms with Gasteiger partial charge in [-0.15, -0.1) is 0 Å². The molecule has 82 valence electrons. The molecule has 0 rings (SSSR count). The number of carbonyl (C=O) groups is 1. The second-order valence-corrected chi connectivity index (χ2v) is 3.35. The quantitative estimate of drug-likeness (QED) is 0.356. The second kappa shape index (κ2) is 8.79. The predicted octanol–water partition coefficient (Wildman–Crippen LogP) is 3.32. The summed E-state index contributed by atoms with van der Waals surface area (Å²) in [7, 11) is 0. The highest BCUT2D eigenvalue weighted by Crippen LogP contribution is 2.09. The number of allylic oxidation sites excluding steroid dienone is 1. The average molecular weight is 198 g/mol. The van der Waals surface area contributed by atoms with Gasteiger partial charge < -0.3 is 4.74 Å². The molecule has 0 radical (unpaired) electrons. The Bertz CT molecular complexity index is 169. The van der Waals surface area contributed by atoms with Gasteiger partial charge in [0, 0.05) is 0 Å². The van der Waals surface area contributed by atoms with Crippen molar-refractivity contribution in [3.05, 3.63) is 12.2 Å². The fourth-order valence-electron chi connectivity index (χ4n) is 1.25. The third kappa shape index (κ3) is 5.79. The molecular formula is C12H22O2. The minimum atomic E-state index is -0.0418. The van der Waals surface area contributed by atoms with Gasteiger partial charge >= 0.3 is 5.97 Å². The van der Waals surface area contributed by atoms with Crippen LogP contribution in [0.5, 0.6) is 0 Å². The Labute approximate surface area is 87.3 Å². The van der Waals surface area contributed by atoms with Crippen molar-refractivity contribution < 1.29 is 9.53 Å². The highest BCUT2D eigenvalue weighted by Gasteiger charge is 2.14. The number of ether oxygens (including phenoxy) is 1. The lowest BCUT2D eigenvalue weighted by molar-refractivity contribution is -0.148. The second-order valence-electron chi connectivity index (χ2n) is 3.35. The Kier molecular flexibility index (Phi) is 8.30. The zero-order valence-electron chi connectivity index (χ0n) is 9.58. The summed E-state index contributed by atoms with van der Waals surface area (Å²) in [4.78, 5) is 11.4. The Morgan fingerprint density at radius 1 is 1.21 bits per heavy atom. The molecule has 0 aromatic heterocycles. The molecule has 0 aromatic rings. The van der Waals surface area contributed by atoms with E-state index in [1.165, 1.54) is 0 Å². The zero-order chi connectivity index (χ0) is 10.8. The third-order valence-corrected chi connectivity index (χ3v) is 2.25. The van der Waals surface area contributed by atoms with Crippen LogP contribution >= 0.6 is 0 Å². The maximum atomic E-state index is 11.4. The van der Waals surface area contributed by atoms with Gasteiger partial charge in [-0.25, -0.2) is 0 Å². The van der Waals surface area contributed by atoms with E-state index >= 15 is 0 Å². The molecule has 0 heterocycles. The van der Waals surface area contributed by atoms with Crippen LogP contribution in [0.2, 0.25) is 0 Å². The molecule has 0 saturated carbocycles. The van der Waals surface area contributed by atoms with Crippen LogP contribution in [0.25, 0.3) is 0 Å². The van der Waals surface area contributed by atoms with Gasteiger partial charge in [0.2, 0.25) is 0 Å². The van der Waals surface area contributed by atoms with Crippen molar-refractivity contribution in [3.63, 3.8) is 0 Å². The molecule has 0 fully saturated rings. The number of hydrogen-bond acceptors (Lipinski definition) is 2. The lowest BCUT2D eigenvalue weighted by atomic mass is 10.0. The smallest absolute Gasteiger partial charge is 0.308 e. The molecule has 0 aliphatic heterocycles. The van der Waals surface area contributed by atoms with Crippen molar-refractivity contribution in [1.82, 2.24) is 0 Å². The van der Waals surface area contributed by atoms with E-state index in [-0.39, 0.29) is 11.9 Å². The lowest BCUT2D eigenvalue weighted by Gasteiger charge is -2.10. The Balaban J connectivity index is 3.57. The van der Waals surface area contributed by atoms with Gasteiger partial charge in [0.05, 0.1) is 12.5 Å². The fourth-order valence-corrected chi connectivity index (χ4v) is 1.25. The van der Waals surface area contributed by atoms with Gasteiger partial charge in [0.25, 0.3) is 0 Å². The van der Waals surface area contributed by atoms with Crippen molar-refractivity contribution >= 4 is 5.97 Å². The minimum Gasteiger partial charge on any atom is -0.465 e. The molecule has 0 N–H and O–H groups in total. The van der Waals surface area contributed by atoms with E-state index in [0.717, 1.165) is 25.7 Å². The summed E-state index contributed by atoms with van der Waals surface area (Å²) in [6.07, 6.45) is 7.77. The van der Waals surface area contributed by atoms with E-state index in [0.29, 0.717) is 6.61 Å². The monoisotopic (exact) mass is 198 g/mol. The molecule has 0 aliphatic rings. The van der Waals surface area contributed by atoms with Gasteiger partial charge in [-0.1, -0.05) is 32.9 Å². The summed E-state index contributed by atoms with van der Waals surface area (Å²) in [6, 6.07) is 0. The van der Waals surface area contributed by atoms with Gasteiger partial charge in [-0.3, -0.25) is 4.79 Å². The zero-order valence-corrected chi connectivity index (χ0v) is 9.58. The van der Waals surface area contributed by atoms with Crippen molar-refractivity contribution in [2.24, 2.45) is 5.92 Å². The van der Waals surface area contributed by atoms with Gasteiger partial charge in [0.1, 0.15) is 0 Å². The van der Waals surface area contributed by atoms with E-state index in [1.54, 1.807) is 0 Å². The topological polar surface area (TPSA) is 26.3 Å². The molecule has 0 saturated heterocycles. The Morgan fingerprint density at radius 2 is 1.86 bits per heavy atom. The van der Waals surface area contributed by atoms with E-state index in [1.807, 2.05) is 13.8 Å². The molecule has 14 heavy (non-hydrogen) atoms. The number of esters is 1. The van der Waals surface area contributed by atoms with Crippen LogP contribution in [0.15, 0.2) is 12.2 Å². The van der Waals surface area contributed by atoms with Crippen molar-refractivity contribution in [1.29, 1.82) is 0 Å². The first-order chi connectivity index (χ1) is 6.76. The average Bonchev–Trinajstić information content (AvgIpc) is 2.19. The first-order valence-electron chi connectivity index (χ1n) is 5.57. The summed E-state index contributed by atoms with van der Waals surface area (Å²) < 4.78 is 5.14. The molecule has 0 amide bonds. The summed E-state index contributed by atoms with van der Waals surface area (Å²) >= 11 is 0. The van der Waals surface area contributed by atoms with E-state index in [9.17, 15) is 4.79 Å². The van der Waals surface area contributed by atoms with Crippen LogP contribution in [0.3, 0.4) is 0 Å². The van der Waals surface area contributed by atoms with Gasteiger partial charge in [0.15, 0.2) is 0 Å². The molecule has 0 spiro atoms. The molecule has 0 unspecified atom stereocenters. The highest BCUT2D eigenvalue weighted by molar-refractivity contribution is 5.72. The largest absolute Gasteiger partial charge is 0.465 e. The highest BCUT2D eigenvalue weighted by atomic mass is 16.5. The Hall–Kier alpha value is -0.790. The first kappa shape index (κ1) is 13.2. The number of carbonyl (C=O) groups excluding carboxylic acids is 1. The van der Waals surface area contributed by atoms with Crippen LogP contribution in [0.1, 0.15) is 46.5 Å².